The van der Waals surface area contributed by atoms with Crippen LogP contribution in [0.25, 0.3) is 0 Å². The maximum atomic E-state index is 12.2. The van der Waals surface area contributed by atoms with Crippen molar-refractivity contribution in [2.24, 2.45) is 11.3 Å². The molecule has 2 fully saturated rings. The second-order valence-electron chi connectivity index (χ2n) is 6.76. The number of nitrogens with one attached hydrogen (secondary N) is 2. The van der Waals surface area contributed by atoms with Crippen LogP contribution in [0.3, 0.4) is 0 Å². The molecule has 2 aliphatic rings. The molecule has 1 atom stereocenters. The molecule has 102 valence electrons. The highest BCUT2D eigenvalue weighted by Gasteiger charge is 2.59. The first-order valence-electron chi connectivity index (χ1n) is 6.99. The van der Waals surface area contributed by atoms with Crippen LogP contribution in [0.5, 0.6) is 0 Å². The first-order chi connectivity index (χ1) is 8.31. The van der Waals surface area contributed by atoms with Crippen LogP contribution in [-0.4, -0.2) is 28.9 Å². The summed E-state index contributed by atoms with van der Waals surface area (Å²) in [5.74, 6) is 0.842. The molecular weight excluding hydrogens is 226 g/mol. The van der Waals surface area contributed by atoms with Gasteiger partial charge in [-0.15, -0.1) is 0 Å². The topological polar surface area (TPSA) is 56.2 Å². The van der Waals surface area contributed by atoms with E-state index in [0.29, 0.717) is 11.8 Å². The Balaban J connectivity index is 2.42. The first kappa shape index (κ1) is 13.4. The van der Waals surface area contributed by atoms with Gasteiger partial charge in [-0.3, -0.25) is 10.7 Å². The zero-order valence-electron chi connectivity index (χ0n) is 12.0. The van der Waals surface area contributed by atoms with E-state index >= 15 is 0 Å². The van der Waals surface area contributed by atoms with Crippen LogP contribution in [-0.2, 0) is 0 Å². The summed E-state index contributed by atoms with van der Waals surface area (Å²) < 4.78 is 0. The highest BCUT2D eigenvalue weighted by molar-refractivity contribution is 6.09. The number of hydrogen-bond donors (Lipinski definition) is 2. The molecule has 0 aromatic carbocycles. The normalized spacial score (nSPS) is 31.3. The van der Waals surface area contributed by atoms with E-state index < -0.39 is 5.54 Å². The number of rotatable bonds is 2. The Morgan fingerprint density at radius 1 is 1.33 bits per heavy atom. The third-order valence-corrected chi connectivity index (χ3v) is 4.61. The lowest BCUT2D eigenvalue weighted by atomic mass is 9.62. The molecule has 1 spiro atoms. The van der Waals surface area contributed by atoms with E-state index in [0.717, 1.165) is 25.8 Å². The highest BCUT2D eigenvalue weighted by Crippen LogP contribution is 2.49. The Hall–Kier alpha value is -1.06. The molecule has 1 aliphatic carbocycles. The molecule has 0 bridgehead atoms. The van der Waals surface area contributed by atoms with Crippen LogP contribution in [0, 0.1) is 16.7 Å². The molecule has 4 nitrogen and oxygen atoms in total. The van der Waals surface area contributed by atoms with Crippen molar-refractivity contribution in [2.75, 3.05) is 6.54 Å². The summed E-state index contributed by atoms with van der Waals surface area (Å²) in [6.45, 7) is 9.39. The smallest absolute Gasteiger partial charge is 0.311 e. The summed E-state index contributed by atoms with van der Waals surface area (Å²) in [7, 11) is 0. The minimum atomic E-state index is -0.396. The van der Waals surface area contributed by atoms with Gasteiger partial charge in [0.15, 0.2) is 0 Å². The van der Waals surface area contributed by atoms with Gasteiger partial charge in [0, 0.05) is 6.54 Å². The molecular formula is C14H25N3O. The molecule has 4 heteroatoms. The number of carbonyl (C=O) groups excluding carboxylic acids is 1. The average molecular weight is 251 g/mol. The largest absolute Gasteiger partial charge is 0.323 e. The predicted octanol–water partition coefficient (Wildman–Crippen LogP) is 2.98. The van der Waals surface area contributed by atoms with Gasteiger partial charge in [-0.1, -0.05) is 40.5 Å². The number of carbonyl (C=O) groups is 1. The summed E-state index contributed by atoms with van der Waals surface area (Å²) in [5, 5.41) is 11.0. The second kappa shape index (κ2) is 4.25. The van der Waals surface area contributed by atoms with Gasteiger partial charge in [0.25, 0.3) is 0 Å². The van der Waals surface area contributed by atoms with Gasteiger partial charge < -0.3 is 4.90 Å². The fraction of sp³-hybridized carbons (Fsp3) is 0.857. The van der Waals surface area contributed by atoms with Gasteiger partial charge in [-0.2, -0.15) is 0 Å². The molecule has 1 aliphatic heterocycles. The fourth-order valence-corrected chi connectivity index (χ4v) is 3.65. The predicted molar refractivity (Wildman–Crippen MR) is 72.8 cm³/mol. The van der Waals surface area contributed by atoms with Crippen molar-refractivity contribution in [2.45, 2.75) is 58.9 Å². The quantitative estimate of drug-likeness (QED) is 0.779. The Labute approximate surface area is 110 Å². The molecule has 1 heterocycles. The van der Waals surface area contributed by atoms with Crippen molar-refractivity contribution in [3.8, 4) is 0 Å². The van der Waals surface area contributed by atoms with Crippen molar-refractivity contribution in [1.82, 2.24) is 10.2 Å². The number of amidine groups is 1. The number of amides is 2. The summed E-state index contributed by atoms with van der Waals surface area (Å²) in [4.78, 5) is 14.1. The standard InChI is InChI=1S/C14H25N3O/c1-10(2)9-17-12(18)16-11(15)14(17)8-6-5-7-13(14,3)4/h10H,5-9H2,1-4H3,(H2,15,16,18). The van der Waals surface area contributed by atoms with Crippen LogP contribution in [0.2, 0.25) is 0 Å². The zero-order valence-corrected chi connectivity index (χ0v) is 12.0. The van der Waals surface area contributed by atoms with Crippen molar-refractivity contribution < 1.29 is 4.79 Å². The lowest BCUT2D eigenvalue weighted by Gasteiger charge is -2.51. The van der Waals surface area contributed by atoms with Gasteiger partial charge >= 0.3 is 6.03 Å². The average Bonchev–Trinajstić information content (AvgIpc) is 2.47. The molecule has 0 radical (unpaired) electrons. The van der Waals surface area contributed by atoms with Crippen molar-refractivity contribution in [3.63, 3.8) is 0 Å². The molecule has 2 N–H and O–H groups in total. The minimum Gasteiger partial charge on any atom is -0.311 e. The summed E-state index contributed by atoms with van der Waals surface area (Å²) >= 11 is 0. The second-order valence-corrected chi connectivity index (χ2v) is 6.76. The lowest BCUT2D eigenvalue weighted by molar-refractivity contribution is 0.0343. The Kier molecular flexibility index (Phi) is 3.16. The summed E-state index contributed by atoms with van der Waals surface area (Å²) in [6.07, 6.45) is 4.31. The number of nitrogens with zero attached hydrogens (tertiary/aromatic N) is 1. The van der Waals surface area contributed by atoms with E-state index in [-0.39, 0.29) is 11.4 Å². The summed E-state index contributed by atoms with van der Waals surface area (Å²) in [5.41, 5.74) is -0.414. The molecule has 18 heavy (non-hydrogen) atoms. The molecule has 1 saturated carbocycles. The minimum absolute atomic E-state index is 0.0175. The Morgan fingerprint density at radius 3 is 2.50 bits per heavy atom. The van der Waals surface area contributed by atoms with E-state index in [4.69, 9.17) is 5.41 Å². The third kappa shape index (κ3) is 1.73. The van der Waals surface area contributed by atoms with Crippen LogP contribution in [0.4, 0.5) is 4.79 Å². The molecule has 1 unspecified atom stereocenters. The van der Waals surface area contributed by atoms with Gasteiger partial charge in [-0.05, 0) is 24.2 Å². The maximum absolute atomic E-state index is 12.2. The summed E-state index contributed by atoms with van der Waals surface area (Å²) in [6, 6.07) is -0.0799. The van der Waals surface area contributed by atoms with Gasteiger partial charge in [0.1, 0.15) is 11.4 Å². The van der Waals surface area contributed by atoms with Crippen LogP contribution in [0.15, 0.2) is 0 Å². The van der Waals surface area contributed by atoms with E-state index in [1.165, 1.54) is 6.42 Å². The highest BCUT2D eigenvalue weighted by atomic mass is 16.2. The van der Waals surface area contributed by atoms with Crippen molar-refractivity contribution in [1.29, 1.82) is 5.41 Å². The molecule has 2 amide bonds. The van der Waals surface area contributed by atoms with E-state index in [9.17, 15) is 4.79 Å². The molecule has 2 rings (SSSR count). The first-order valence-corrected chi connectivity index (χ1v) is 6.99. The van der Waals surface area contributed by atoms with Crippen LogP contribution in [0.1, 0.15) is 53.4 Å². The van der Waals surface area contributed by atoms with Crippen molar-refractivity contribution in [3.05, 3.63) is 0 Å². The van der Waals surface area contributed by atoms with E-state index in [2.05, 4.69) is 33.0 Å². The molecule has 0 aromatic heterocycles. The lowest BCUT2D eigenvalue weighted by Crippen LogP contribution is -2.61. The Bertz CT molecular complexity index is 375. The fourth-order valence-electron chi connectivity index (χ4n) is 3.65. The van der Waals surface area contributed by atoms with Crippen LogP contribution < -0.4 is 5.32 Å². The SMILES string of the molecule is CC(C)CN1C(=O)NC(=N)C12CCCCC2(C)C. The van der Waals surface area contributed by atoms with Gasteiger partial charge in [0.05, 0.1) is 0 Å². The van der Waals surface area contributed by atoms with Crippen molar-refractivity contribution >= 4 is 11.9 Å². The maximum Gasteiger partial charge on any atom is 0.323 e. The van der Waals surface area contributed by atoms with E-state index in [1.54, 1.807) is 0 Å². The zero-order chi connectivity index (χ0) is 13.6. The van der Waals surface area contributed by atoms with Gasteiger partial charge in [-0.25, -0.2) is 4.79 Å². The van der Waals surface area contributed by atoms with Gasteiger partial charge in [0.2, 0.25) is 0 Å². The monoisotopic (exact) mass is 251 g/mol. The Morgan fingerprint density at radius 2 is 1.94 bits per heavy atom. The molecule has 1 saturated heterocycles. The van der Waals surface area contributed by atoms with Crippen LogP contribution >= 0.6 is 0 Å². The number of hydrogen-bond acceptors (Lipinski definition) is 2. The number of urea groups is 1. The molecule has 0 aromatic rings. The van der Waals surface area contributed by atoms with E-state index in [1.807, 2.05) is 4.90 Å². The third-order valence-electron chi connectivity index (χ3n) is 4.61.